The number of nitrogens with one attached hydrogen (secondary N) is 1. The van der Waals surface area contributed by atoms with Crippen LogP contribution in [0.4, 0.5) is 0 Å². The number of ether oxygens (including phenoxy) is 4. The van der Waals surface area contributed by atoms with Gasteiger partial charge in [0.05, 0.1) is 6.04 Å². The van der Waals surface area contributed by atoms with Crippen LogP contribution in [0.15, 0.2) is 18.2 Å². The highest BCUT2D eigenvalue weighted by atomic mass is 35.5. The number of thioether (sulfide) groups is 1. The van der Waals surface area contributed by atoms with Gasteiger partial charge in [-0.05, 0) is 19.9 Å². The van der Waals surface area contributed by atoms with Crippen LogP contribution in [0.2, 0.25) is 0 Å². The molecule has 3 N–H and O–H groups in total. The van der Waals surface area contributed by atoms with Gasteiger partial charge in [-0.1, -0.05) is 12.1 Å². The van der Waals surface area contributed by atoms with Gasteiger partial charge < -0.3 is 34.9 Å². The summed E-state index contributed by atoms with van der Waals surface area (Å²) in [7, 11) is 0. The number of carbonyl (C=O) groups excluding carboxylic acids is 4. The van der Waals surface area contributed by atoms with E-state index in [2.05, 4.69) is 10.1 Å². The smallest absolute Gasteiger partial charge is 0.333 e. The maximum Gasteiger partial charge on any atom is 0.333 e. The lowest BCUT2D eigenvalue weighted by atomic mass is 9.95. The summed E-state index contributed by atoms with van der Waals surface area (Å²) in [6.07, 6.45) is 0.206. The number of hydrogen-bond acceptors (Lipinski definition) is 10. The molecule has 0 saturated carbocycles. The van der Waals surface area contributed by atoms with Gasteiger partial charge in [-0.25, -0.2) is 4.79 Å². The minimum Gasteiger partial charge on any atom is -0.454 e. The fourth-order valence-electron chi connectivity index (χ4n) is 4.07. The molecule has 1 aromatic carbocycles. The van der Waals surface area contributed by atoms with E-state index in [-0.39, 0.29) is 32.1 Å². The molecule has 1 unspecified atom stereocenters. The van der Waals surface area contributed by atoms with Gasteiger partial charge in [-0.3, -0.25) is 14.4 Å². The molecule has 0 bridgehead atoms. The van der Waals surface area contributed by atoms with Gasteiger partial charge in [0, 0.05) is 16.7 Å². The zero-order valence-electron chi connectivity index (χ0n) is 17.8. The van der Waals surface area contributed by atoms with Crippen LogP contribution in [-0.2, 0) is 35.1 Å². The number of rotatable bonds is 8. The average molecular weight is 502 g/mol. The molecule has 180 valence electrons. The maximum atomic E-state index is 12.8. The van der Waals surface area contributed by atoms with E-state index in [9.17, 15) is 19.2 Å². The molecule has 11 nitrogen and oxygen atoms in total. The molecule has 1 aromatic rings. The Balaban J connectivity index is 0.00000306. The molecule has 3 heterocycles. The van der Waals surface area contributed by atoms with Crippen molar-refractivity contribution in [1.82, 2.24) is 10.2 Å². The van der Waals surface area contributed by atoms with Crippen molar-refractivity contribution in [2.24, 2.45) is 5.73 Å². The fourth-order valence-corrected chi connectivity index (χ4v) is 5.69. The van der Waals surface area contributed by atoms with Gasteiger partial charge in [-0.2, -0.15) is 0 Å². The highest BCUT2D eigenvalue weighted by Crippen LogP contribution is 2.51. The summed E-state index contributed by atoms with van der Waals surface area (Å²) < 4.78 is 19.4. The Morgan fingerprint density at radius 1 is 1.39 bits per heavy atom. The molecular formula is C20H24ClN3O8S. The molecule has 0 radical (unpaired) electrons. The van der Waals surface area contributed by atoms with Crippen LogP contribution in [0.5, 0.6) is 11.5 Å². The van der Waals surface area contributed by atoms with E-state index in [1.807, 2.05) is 0 Å². The van der Waals surface area contributed by atoms with Crippen LogP contribution < -0.4 is 20.5 Å². The number of fused-ring (bicyclic) bond motifs is 2. The van der Waals surface area contributed by atoms with Crippen LogP contribution >= 0.6 is 24.2 Å². The summed E-state index contributed by atoms with van der Waals surface area (Å²) in [6, 6.07) is 2.78. The van der Waals surface area contributed by atoms with Crippen molar-refractivity contribution < 1.29 is 38.1 Å². The first-order valence-electron chi connectivity index (χ1n) is 9.90. The molecule has 3 aliphatic rings. The van der Waals surface area contributed by atoms with Gasteiger partial charge >= 0.3 is 5.97 Å². The monoisotopic (exact) mass is 501 g/mol. The highest BCUT2D eigenvalue weighted by Gasteiger charge is 2.64. The van der Waals surface area contributed by atoms with E-state index in [0.717, 1.165) is 5.56 Å². The average Bonchev–Trinajstić information content (AvgIpc) is 3.33. The third-order valence-electron chi connectivity index (χ3n) is 5.55. The van der Waals surface area contributed by atoms with Gasteiger partial charge in [0.1, 0.15) is 17.5 Å². The van der Waals surface area contributed by atoms with Crippen LogP contribution in [-0.4, -0.2) is 71.0 Å². The Morgan fingerprint density at radius 2 is 2.15 bits per heavy atom. The number of halogens is 1. The second-order valence-electron chi connectivity index (χ2n) is 8.05. The Hall–Kier alpha value is -2.70. The quantitative estimate of drug-likeness (QED) is 0.163. The number of esters is 1. The molecule has 3 aliphatic heterocycles. The molecule has 13 heteroatoms. The SMILES string of the molecule is CC1(C)S[C@@H]2[C@H](NC(=O)C(N)Cc3cccc4c3OCO4)C(=O)N2[C@H]1C(=O)OCOC=O.Cl. The molecule has 4 atom stereocenters. The second-order valence-corrected chi connectivity index (χ2v) is 9.82. The minimum atomic E-state index is -0.909. The first kappa shape index (κ1) is 24.9. The van der Waals surface area contributed by atoms with E-state index in [1.165, 1.54) is 16.7 Å². The predicted molar refractivity (Wildman–Crippen MR) is 118 cm³/mol. The Morgan fingerprint density at radius 3 is 2.88 bits per heavy atom. The first-order valence-corrected chi connectivity index (χ1v) is 10.8. The van der Waals surface area contributed by atoms with Crippen molar-refractivity contribution in [3.05, 3.63) is 23.8 Å². The highest BCUT2D eigenvalue weighted by molar-refractivity contribution is 8.01. The number of carbonyl (C=O) groups is 4. The molecule has 33 heavy (non-hydrogen) atoms. The number of para-hydroxylation sites is 1. The lowest BCUT2D eigenvalue weighted by Crippen LogP contribution is -2.71. The van der Waals surface area contributed by atoms with E-state index >= 15 is 0 Å². The molecule has 4 rings (SSSR count). The Bertz CT molecular complexity index is 961. The number of β-lactam (4-membered cyclic amide) rings is 1. The second kappa shape index (κ2) is 9.65. The zero-order chi connectivity index (χ0) is 23.0. The third-order valence-corrected chi connectivity index (χ3v) is 7.13. The number of nitrogens with two attached hydrogens (primary N) is 1. The molecule has 2 amide bonds. The van der Waals surface area contributed by atoms with Crippen LogP contribution in [0.3, 0.4) is 0 Å². The van der Waals surface area contributed by atoms with Gasteiger partial charge in [-0.15, -0.1) is 24.2 Å². The van der Waals surface area contributed by atoms with E-state index in [0.29, 0.717) is 11.5 Å². The van der Waals surface area contributed by atoms with Crippen molar-refractivity contribution in [3.8, 4) is 11.5 Å². The van der Waals surface area contributed by atoms with Crippen LogP contribution in [0.25, 0.3) is 0 Å². The standard InChI is InChI=1S/C20H23N3O8S.ClH/c1-20(2)15(19(27)31-8-28-7-24)23-17(26)13(18(23)32-20)22-16(25)11(21)6-10-4-3-5-12-14(10)30-9-29-12;/h3-5,7,11,13,15,18H,6,8-9,21H2,1-2H3,(H,22,25);1H/t11?,13-,15+,18-;/m1./s1. The molecule has 0 spiro atoms. The molecule has 2 saturated heterocycles. The fraction of sp³-hybridized carbons (Fsp3) is 0.500. The van der Waals surface area contributed by atoms with Gasteiger partial charge in [0.25, 0.3) is 6.47 Å². The number of benzene rings is 1. The summed E-state index contributed by atoms with van der Waals surface area (Å²) in [5.41, 5.74) is 6.83. The summed E-state index contributed by atoms with van der Waals surface area (Å²) >= 11 is 1.38. The van der Waals surface area contributed by atoms with E-state index in [4.69, 9.17) is 19.9 Å². The first-order chi connectivity index (χ1) is 15.2. The van der Waals surface area contributed by atoms with E-state index in [1.54, 1.807) is 32.0 Å². The largest absolute Gasteiger partial charge is 0.454 e. The topological polar surface area (TPSA) is 146 Å². The Labute approximate surface area is 200 Å². The third kappa shape index (κ3) is 4.55. The van der Waals surface area contributed by atoms with Crippen molar-refractivity contribution >= 4 is 48.4 Å². The summed E-state index contributed by atoms with van der Waals surface area (Å²) in [4.78, 5) is 49.6. The van der Waals surface area contributed by atoms with Crippen LogP contribution in [0, 0.1) is 0 Å². The van der Waals surface area contributed by atoms with Gasteiger partial charge in [0.15, 0.2) is 11.5 Å². The normalized spacial score (nSPS) is 24.6. The summed E-state index contributed by atoms with van der Waals surface area (Å²) in [6.45, 7) is 3.35. The summed E-state index contributed by atoms with van der Waals surface area (Å²) in [5.74, 6) is -0.398. The van der Waals surface area contributed by atoms with Crippen molar-refractivity contribution in [3.63, 3.8) is 0 Å². The number of nitrogens with zero attached hydrogens (tertiary/aromatic N) is 1. The zero-order valence-corrected chi connectivity index (χ0v) is 19.5. The van der Waals surface area contributed by atoms with Crippen molar-refractivity contribution in [1.29, 1.82) is 0 Å². The van der Waals surface area contributed by atoms with E-state index < -0.39 is 52.8 Å². The minimum absolute atomic E-state index is 0. The Kier molecular flexibility index (Phi) is 7.29. The number of hydrogen-bond donors (Lipinski definition) is 2. The molecule has 0 aliphatic carbocycles. The molecule has 0 aromatic heterocycles. The summed E-state index contributed by atoms with van der Waals surface area (Å²) in [5, 5.41) is 2.27. The predicted octanol–water partition coefficient (Wildman–Crippen LogP) is -0.0723. The maximum absolute atomic E-state index is 12.8. The lowest BCUT2D eigenvalue weighted by molar-refractivity contribution is -0.173. The lowest BCUT2D eigenvalue weighted by Gasteiger charge is -2.44. The van der Waals surface area contributed by atoms with Crippen LogP contribution in [0.1, 0.15) is 19.4 Å². The van der Waals surface area contributed by atoms with Crippen molar-refractivity contribution in [2.75, 3.05) is 13.6 Å². The molecular weight excluding hydrogens is 478 g/mol. The van der Waals surface area contributed by atoms with Crippen molar-refractivity contribution in [2.45, 2.75) is 48.5 Å². The number of amides is 2. The van der Waals surface area contributed by atoms with Gasteiger partial charge in [0.2, 0.25) is 25.4 Å². The molecule has 2 fully saturated rings.